The van der Waals surface area contributed by atoms with E-state index < -0.39 is 41.1 Å². The number of esters is 1. The van der Waals surface area contributed by atoms with E-state index in [1.54, 1.807) is 17.1 Å². The molecule has 4 aliphatic rings. The average Bonchev–Trinajstić information content (AvgIpc) is 3.47. The van der Waals surface area contributed by atoms with Crippen LogP contribution in [0.25, 0.3) is 0 Å². The number of hydrogen-bond acceptors (Lipinski definition) is 6. The number of fused-ring (bicyclic) bond motifs is 1. The van der Waals surface area contributed by atoms with Crippen molar-refractivity contribution in [1.82, 2.24) is 9.80 Å². The van der Waals surface area contributed by atoms with Crippen LogP contribution in [0.3, 0.4) is 0 Å². The van der Waals surface area contributed by atoms with E-state index in [1.165, 1.54) is 0 Å². The Bertz CT molecular complexity index is 897. The Labute approximate surface area is 221 Å². The summed E-state index contributed by atoms with van der Waals surface area (Å²) in [5.74, 6) is -2.45. The van der Waals surface area contributed by atoms with Gasteiger partial charge in [-0.1, -0.05) is 38.3 Å². The van der Waals surface area contributed by atoms with E-state index in [0.29, 0.717) is 32.2 Å². The molecule has 4 rings (SSSR count). The van der Waals surface area contributed by atoms with Crippen LogP contribution in [0.15, 0.2) is 25.3 Å². The number of carbonyl (C=O) groups excluding carboxylic acids is 3. The van der Waals surface area contributed by atoms with Gasteiger partial charge < -0.3 is 24.4 Å². The number of carbonyl (C=O) groups is 3. The second-order valence-electron chi connectivity index (χ2n) is 11.4. The summed E-state index contributed by atoms with van der Waals surface area (Å²) in [5.41, 5.74) is -1.97. The average molecular weight is 517 g/mol. The number of hydrogen-bond donors (Lipinski definition) is 1. The highest BCUT2D eigenvalue weighted by molar-refractivity contribution is 5.98. The Hall–Kier alpha value is -2.19. The number of amides is 2. The van der Waals surface area contributed by atoms with E-state index in [0.717, 1.165) is 38.5 Å². The third kappa shape index (κ3) is 4.65. The monoisotopic (exact) mass is 516 g/mol. The lowest BCUT2D eigenvalue weighted by atomic mass is 9.66. The summed E-state index contributed by atoms with van der Waals surface area (Å²) in [6.45, 7) is 11.8. The molecule has 0 aromatic rings. The second kappa shape index (κ2) is 11.3. The highest BCUT2D eigenvalue weighted by Gasteiger charge is 2.79. The number of likely N-dealkylation sites (tertiary alicyclic amines) is 1. The summed E-state index contributed by atoms with van der Waals surface area (Å²) in [5, 5.41) is 10.2. The van der Waals surface area contributed by atoms with Crippen LogP contribution in [0.2, 0.25) is 0 Å². The van der Waals surface area contributed by atoms with Crippen LogP contribution >= 0.6 is 0 Å². The normalized spacial score (nSPS) is 33.8. The van der Waals surface area contributed by atoms with Gasteiger partial charge in [-0.3, -0.25) is 14.4 Å². The molecule has 0 aromatic carbocycles. The van der Waals surface area contributed by atoms with Crippen LogP contribution in [0.1, 0.15) is 78.1 Å². The van der Waals surface area contributed by atoms with Crippen LogP contribution in [0.4, 0.5) is 0 Å². The zero-order valence-electron chi connectivity index (χ0n) is 22.5. The Morgan fingerprint density at radius 2 is 1.97 bits per heavy atom. The van der Waals surface area contributed by atoms with Crippen molar-refractivity contribution in [2.45, 2.75) is 107 Å². The van der Waals surface area contributed by atoms with Crippen LogP contribution in [0.5, 0.6) is 0 Å². The summed E-state index contributed by atoms with van der Waals surface area (Å²) in [6, 6.07) is -1.33. The molecule has 2 unspecified atom stereocenters. The Balaban J connectivity index is 1.72. The summed E-state index contributed by atoms with van der Waals surface area (Å²) in [6.07, 6.45) is 11.6. The predicted molar refractivity (Wildman–Crippen MR) is 139 cm³/mol. The van der Waals surface area contributed by atoms with Crippen LogP contribution in [-0.4, -0.2) is 81.8 Å². The fourth-order valence-electron chi connectivity index (χ4n) is 7.41. The minimum Gasteiger partial charge on any atom is -0.465 e. The summed E-state index contributed by atoms with van der Waals surface area (Å²) in [4.78, 5) is 45.5. The summed E-state index contributed by atoms with van der Waals surface area (Å²) < 4.78 is 12.3. The van der Waals surface area contributed by atoms with Gasteiger partial charge in [0.15, 0.2) is 0 Å². The molecule has 0 radical (unpaired) electrons. The molecule has 3 saturated heterocycles. The smallest absolute Gasteiger partial charge is 0.312 e. The molecule has 2 bridgehead atoms. The largest absolute Gasteiger partial charge is 0.465 e. The molecule has 1 saturated carbocycles. The Morgan fingerprint density at radius 1 is 1.24 bits per heavy atom. The minimum atomic E-state index is -1.11. The first-order chi connectivity index (χ1) is 17.8. The van der Waals surface area contributed by atoms with Crippen molar-refractivity contribution in [3.05, 3.63) is 25.3 Å². The molecule has 8 nitrogen and oxygen atoms in total. The maximum atomic E-state index is 14.5. The molecular formula is C29H44N2O6. The fourth-order valence-corrected chi connectivity index (χ4v) is 7.41. The fraction of sp³-hybridized carbons (Fsp3) is 0.759. The number of rotatable bonds is 12. The first-order valence-corrected chi connectivity index (χ1v) is 14.1. The topological polar surface area (TPSA) is 96.4 Å². The van der Waals surface area contributed by atoms with E-state index in [9.17, 15) is 19.5 Å². The zero-order valence-corrected chi connectivity index (χ0v) is 22.5. The van der Waals surface area contributed by atoms with Gasteiger partial charge in [-0.05, 0) is 51.9 Å². The van der Waals surface area contributed by atoms with E-state index in [4.69, 9.17) is 9.47 Å². The van der Waals surface area contributed by atoms with Gasteiger partial charge in [-0.25, -0.2) is 0 Å². The predicted octanol–water partition coefficient (Wildman–Crippen LogP) is 3.38. The summed E-state index contributed by atoms with van der Waals surface area (Å²) in [7, 11) is 0. The molecule has 2 amide bonds. The quantitative estimate of drug-likeness (QED) is 0.243. The Morgan fingerprint density at radius 3 is 2.59 bits per heavy atom. The maximum absolute atomic E-state index is 14.5. The second-order valence-corrected chi connectivity index (χ2v) is 11.4. The van der Waals surface area contributed by atoms with Gasteiger partial charge in [0.25, 0.3) is 0 Å². The van der Waals surface area contributed by atoms with E-state index in [2.05, 4.69) is 13.2 Å². The van der Waals surface area contributed by atoms with E-state index >= 15 is 0 Å². The van der Waals surface area contributed by atoms with Crippen LogP contribution < -0.4 is 0 Å². The highest BCUT2D eigenvalue weighted by Crippen LogP contribution is 2.63. The van der Waals surface area contributed by atoms with Gasteiger partial charge in [0.1, 0.15) is 17.6 Å². The van der Waals surface area contributed by atoms with Crippen molar-refractivity contribution in [2.75, 3.05) is 19.8 Å². The minimum absolute atomic E-state index is 0.0840. The van der Waals surface area contributed by atoms with Crippen molar-refractivity contribution >= 4 is 17.8 Å². The number of nitrogens with zero attached hydrogens (tertiary/aromatic N) is 2. The molecule has 3 aliphatic heterocycles. The first-order valence-electron chi connectivity index (χ1n) is 14.1. The van der Waals surface area contributed by atoms with Crippen LogP contribution in [-0.2, 0) is 23.9 Å². The number of allylic oxidation sites excluding steroid dienone is 1. The number of aliphatic hydroxyl groups is 1. The van der Waals surface area contributed by atoms with Gasteiger partial charge in [0, 0.05) is 12.6 Å². The molecular weight excluding hydrogens is 472 g/mol. The lowest BCUT2D eigenvalue weighted by Gasteiger charge is -2.42. The molecule has 0 aromatic heterocycles. The van der Waals surface area contributed by atoms with Crippen molar-refractivity contribution in [3.63, 3.8) is 0 Å². The van der Waals surface area contributed by atoms with Gasteiger partial charge in [-0.2, -0.15) is 0 Å². The number of aliphatic hydroxyl groups excluding tert-OH is 1. The van der Waals surface area contributed by atoms with Gasteiger partial charge >= 0.3 is 5.97 Å². The first kappa shape index (κ1) is 27.8. The highest BCUT2D eigenvalue weighted by atomic mass is 16.6. The number of unbranched alkanes of at least 4 members (excludes halogenated alkanes) is 1. The third-order valence-corrected chi connectivity index (χ3v) is 9.20. The van der Waals surface area contributed by atoms with Gasteiger partial charge in [-0.15, -0.1) is 13.2 Å². The van der Waals surface area contributed by atoms with Gasteiger partial charge in [0.2, 0.25) is 11.8 Å². The molecule has 206 valence electrons. The molecule has 1 N–H and O–H groups in total. The lowest BCUT2D eigenvalue weighted by molar-refractivity contribution is -0.162. The van der Waals surface area contributed by atoms with Crippen LogP contribution in [0, 0.1) is 11.8 Å². The lowest BCUT2D eigenvalue weighted by Crippen LogP contribution is -2.60. The molecule has 1 aliphatic carbocycles. The Kier molecular flexibility index (Phi) is 8.48. The number of ether oxygens (including phenoxy) is 2. The van der Waals surface area contributed by atoms with Crippen molar-refractivity contribution in [3.8, 4) is 0 Å². The van der Waals surface area contributed by atoms with Crippen molar-refractivity contribution in [2.24, 2.45) is 11.8 Å². The SMILES string of the molecule is C=CCCCOC(=O)[C@@H]1[C@H]2C(=O)N([C@@H](CC)CO)C(C(=O)N(CC=C)C3CCCCC3)C23CC[C@@]1(C)O3. The van der Waals surface area contributed by atoms with Crippen molar-refractivity contribution < 1.29 is 29.0 Å². The molecule has 3 heterocycles. The molecule has 4 fully saturated rings. The maximum Gasteiger partial charge on any atom is 0.312 e. The van der Waals surface area contributed by atoms with Crippen molar-refractivity contribution in [1.29, 1.82) is 0 Å². The molecule has 6 atom stereocenters. The standard InChI is InChI=1S/C29H44N2O6/c1-5-8-12-18-36-27(35)23-22-25(33)31(20(7-3)19-32)24(29(22)16-15-28(23,4)37-29)26(34)30(17-6-2)21-13-10-9-11-14-21/h5-6,20-24,32H,1-2,7-19H2,3-4H3/t20-,22-,23-,24?,28+,29?/m0/s1. The summed E-state index contributed by atoms with van der Waals surface area (Å²) >= 11 is 0. The zero-order chi connectivity index (χ0) is 26.8. The van der Waals surface area contributed by atoms with E-state index in [-0.39, 0.29) is 31.1 Å². The van der Waals surface area contributed by atoms with Gasteiger partial charge in [0.05, 0.1) is 30.8 Å². The molecule has 8 heteroatoms. The molecule has 1 spiro atoms. The molecule has 37 heavy (non-hydrogen) atoms. The third-order valence-electron chi connectivity index (χ3n) is 9.20. The van der Waals surface area contributed by atoms with E-state index in [1.807, 2.05) is 18.7 Å².